The van der Waals surface area contributed by atoms with Crippen LogP contribution in [0.4, 0.5) is 11.5 Å². The molecule has 0 saturated heterocycles. The maximum atomic E-state index is 12.4. The lowest BCUT2D eigenvalue weighted by molar-refractivity contribution is -0.384. The van der Waals surface area contributed by atoms with E-state index in [9.17, 15) is 18.5 Å². The van der Waals surface area contributed by atoms with E-state index < -0.39 is 14.9 Å². The second kappa shape index (κ2) is 7.18. The number of sulfonamides is 1. The van der Waals surface area contributed by atoms with E-state index >= 15 is 0 Å². The third-order valence-corrected chi connectivity index (χ3v) is 5.34. The average Bonchev–Trinajstić information content (AvgIpc) is 2.94. The van der Waals surface area contributed by atoms with Gasteiger partial charge in [0.05, 0.1) is 9.95 Å². The fourth-order valence-corrected chi connectivity index (χ4v) is 3.78. The van der Waals surface area contributed by atoms with Crippen LogP contribution in [-0.2, 0) is 10.0 Å². The molecule has 0 aliphatic rings. The lowest BCUT2D eigenvalue weighted by Gasteiger charge is -2.07. The Bertz CT molecular complexity index is 850. The molecule has 8 nitrogen and oxygen atoms in total. The minimum absolute atomic E-state index is 0.141. The molecule has 0 amide bonds. The van der Waals surface area contributed by atoms with Gasteiger partial charge in [0, 0.05) is 23.9 Å². The number of rotatable bonds is 7. The van der Waals surface area contributed by atoms with E-state index in [0.29, 0.717) is 0 Å². The molecule has 1 unspecified atom stereocenters. The molecule has 2 aromatic rings. The van der Waals surface area contributed by atoms with Crippen LogP contribution in [0, 0.1) is 10.1 Å². The second-order valence-corrected chi connectivity index (χ2v) is 7.43. The van der Waals surface area contributed by atoms with Crippen molar-refractivity contribution in [1.29, 1.82) is 0 Å². The molecule has 0 bridgehead atoms. The van der Waals surface area contributed by atoms with Crippen molar-refractivity contribution in [2.75, 3.05) is 4.72 Å². The molecule has 0 aliphatic heterocycles. The average molecular weight is 373 g/mol. The van der Waals surface area contributed by atoms with Gasteiger partial charge in [-0.25, -0.2) is 8.42 Å². The number of H-pyrrole nitrogens is 1. The molecule has 0 spiro atoms. The molecule has 130 valence electrons. The van der Waals surface area contributed by atoms with Crippen LogP contribution in [0.3, 0.4) is 0 Å². The zero-order valence-corrected chi connectivity index (χ0v) is 14.7. The Kier molecular flexibility index (Phi) is 5.45. The summed E-state index contributed by atoms with van der Waals surface area (Å²) in [7, 11) is -4.00. The number of anilines is 1. The molecular formula is C14H17ClN4O4S. The number of nitro groups is 1. The zero-order chi connectivity index (χ0) is 17.9. The molecule has 24 heavy (non-hydrogen) atoms. The van der Waals surface area contributed by atoms with Crippen LogP contribution in [0.1, 0.15) is 38.3 Å². The van der Waals surface area contributed by atoms with Crippen LogP contribution in [0.15, 0.2) is 29.2 Å². The Hall–Kier alpha value is -2.13. The van der Waals surface area contributed by atoms with E-state index in [1.54, 1.807) is 6.07 Å². The Labute approximate surface area is 144 Å². The quantitative estimate of drug-likeness (QED) is 0.567. The number of halogens is 1. The molecule has 1 aromatic carbocycles. The van der Waals surface area contributed by atoms with E-state index in [2.05, 4.69) is 21.8 Å². The first-order valence-corrected chi connectivity index (χ1v) is 9.12. The number of aromatic nitrogens is 2. The van der Waals surface area contributed by atoms with Gasteiger partial charge in [0.25, 0.3) is 15.7 Å². The molecule has 0 aliphatic carbocycles. The maximum absolute atomic E-state index is 12.4. The number of non-ortho nitro benzene ring substituents is 1. The summed E-state index contributed by atoms with van der Waals surface area (Å²) < 4.78 is 27.1. The topological polar surface area (TPSA) is 118 Å². The minimum atomic E-state index is -4.00. The molecule has 10 heteroatoms. The number of nitro benzene ring substituents is 1. The highest BCUT2D eigenvalue weighted by Crippen LogP contribution is 2.28. The number of aromatic amines is 1. The Morgan fingerprint density at radius 3 is 2.71 bits per heavy atom. The number of nitrogens with one attached hydrogen (secondary N) is 2. The van der Waals surface area contributed by atoms with Crippen LogP contribution in [-0.4, -0.2) is 23.5 Å². The monoisotopic (exact) mass is 372 g/mol. The first-order valence-electron chi connectivity index (χ1n) is 7.26. The fourth-order valence-electron chi connectivity index (χ4n) is 2.24. The maximum Gasteiger partial charge on any atom is 0.271 e. The van der Waals surface area contributed by atoms with Gasteiger partial charge in [-0.1, -0.05) is 31.9 Å². The second-order valence-electron chi connectivity index (χ2n) is 5.38. The van der Waals surface area contributed by atoms with Crippen molar-refractivity contribution < 1.29 is 13.3 Å². The van der Waals surface area contributed by atoms with E-state index in [-0.39, 0.29) is 27.3 Å². The van der Waals surface area contributed by atoms with Crippen molar-refractivity contribution in [2.24, 2.45) is 0 Å². The Balaban J connectivity index is 2.24. The van der Waals surface area contributed by atoms with E-state index in [1.165, 1.54) is 0 Å². The lowest BCUT2D eigenvalue weighted by atomic mass is 10.0. The Morgan fingerprint density at radius 1 is 1.42 bits per heavy atom. The van der Waals surface area contributed by atoms with E-state index in [4.69, 9.17) is 11.6 Å². The summed E-state index contributed by atoms with van der Waals surface area (Å²) in [5.74, 6) is 0.367. The molecule has 1 aromatic heterocycles. The fraction of sp³-hybridized carbons (Fsp3) is 0.357. The van der Waals surface area contributed by atoms with Crippen LogP contribution in [0.25, 0.3) is 0 Å². The largest absolute Gasteiger partial charge is 0.280 e. The van der Waals surface area contributed by atoms with Crippen LogP contribution in [0.5, 0.6) is 0 Å². The summed E-state index contributed by atoms with van der Waals surface area (Å²) in [6, 6.07) is 4.79. The summed E-state index contributed by atoms with van der Waals surface area (Å²) >= 11 is 5.87. The van der Waals surface area contributed by atoms with Crippen molar-refractivity contribution >= 4 is 33.1 Å². The predicted molar refractivity (Wildman–Crippen MR) is 90.8 cm³/mol. The van der Waals surface area contributed by atoms with Crippen molar-refractivity contribution in [1.82, 2.24) is 10.2 Å². The molecule has 1 heterocycles. The lowest BCUT2D eigenvalue weighted by Crippen LogP contribution is -2.13. The van der Waals surface area contributed by atoms with Gasteiger partial charge in [0.1, 0.15) is 4.90 Å². The van der Waals surface area contributed by atoms with Crippen LogP contribution in [0.2, 0.25) is 5.02 Å². The predicted octanol–water partition coefficient (Wildman–Crippen LogP) is 3.68. The van der Waals surface area contributed by atoms with Crippen LogP contribution >= 0.6 is 11.6 Å². The highest BCUT2D eigenvalue weighted by atomic mass is 35.5. The van der Waals surface area contributed by atoms with Gasteiger partial charge in [-0.3, -0.25) is 19.9 Å². The van der Waals surface area contributed by atoms with E-state index in [0.717, 1.165) is 36.7 Å². The molecule has 2 rings (SSSR count). The van der Waals surface area contributed by atoms with Gasteiger partial charge in [0.2, 0.25) is 0 Å². The van der Waals surface area contributed by atoms with Gasteiger partial charge in [-0.05, 0) is 18.4 Å². The SMILES string of the molecule is CCCC(C)c1cc(NS(=O)(=O)c2ccc([N+](=O)[O-])cc2Cl)n[nH]1. The molecule has 1 atom stereocenters. The number of nitrogens with zero attached hydrogens (tertiary/aromatic N) is 2. The van der Waals surface area contributed by atoms with Gasteiger partial charge >= 0.3 is 0 Å². The molecule has 0 fully saturated rings. The van der Waals surface area contributed by atoms with Gasteiger partial charge in [0.15, 0.2) is 5.82 Å². The normalized spacial score (nSPS) is 12.8. The molecule has 0 radical (unpaired) electrons. The standard InChI is InChI=1S/C14H17ClN4O4S/c1-3-4-9(2)12-8-14(17-16-12)18-24(22,23)13-6-5-10(19(20)21)7-11(13)15/h5-9H,3-4H2,1-2H3,(H2,16,17,18). The zero-order valence-electron chi connectivity index (χ0n) is 13.1. The summed E-state index contributed by atoms with van der Waals surface area (Å²) in [6.07, 6.45) is 1.95. The van der Waals surface area contributed by atoms with Gasteiger partial charge in [-0.2, -0.15) is 5.10 Å². The highest BCUT2D eigenvalue weighted by molar-refractivity contribution is 7.92. The first-order chi connectivity index (χ1) is 11.2. The van der Waals surface area contributed by atoms with Crippen molar-refractivity contribution in [3.63, 3.8) is 0 Å². The number of benzene rings is 1. The van der Waals surface area contributed by atoms with Crippen molar-refractivity contribution in [3.8, 4) is 0 Å². The minimum Gasteiger partial charge on any atom is -0.280 e. The summed E-state index contributed by atoms with van der Waals surface area (Å²) in [6.45, 7) is 4.08. The smallest absolute Gasteiger partial charge is 0.271 e. The van der Waals surface area contributed by atoms with Crippen molar-refractivity contribution in [2.45, 2.75) is 37.5 Å². The van der Waals surface area contributed by atoms with E-state index in [1.807, 2.05) is 6.92 Å². The number of hydrogen-bond acceptors (Lipinski definition) is 5. The molecule has 0 saturated carbocycles. The number of hydrogen-bond donors (Lipinski definition) is 2. The third-order valence-electron chi connectivity index (χ3n) is 3.51. The molecular weight excluding hydrogens is 356 g/mol. The van der Waals surface area contributed by atoms with Gasteiger partial charge in [-0.15, -0.1) is 0 Å². The summed E-state index contributed by atoms with van der Waals surface area (Å²) in [4.78, 5) is 9.80. The Morgan fingerprint density at radius 2 is 2.12 bits per heavy atom. The van der Waals surface area contributed by atoms with Crippen LogP contribution < -0.4 is 4.72 Å². The third kappa shape index (κ3) is 4.04. The van der Waals surface area contributed by atoms with Crippen molar-refractivity contribution in [3.05, 3.63) is 45.1 Å². The molecule has 2 N–H and O–H groups in total. The summed E-state index contributed by atoms with van der Waals surface area (Å²) in [5.41, 5.74) is 0.541. The first kappa shape index (κ1) is 18.2. The van der Waals surface area contributed by atoms with Gasteiger partial charge < -0.3 is 0 Å². The summed E-state index contributed by atoms with van der Waals surface area (Å²) in [5, 5.41) is 17.2. The highest BCUT2D eigenvalue weighted by Gasteiger charge is 2.22.